The molecule has 0 spiro atoms. The molecule has 0 saturated carbocycles. The van der Waals surface area contributed by atoms with Crippen molar-refractivity contribution in [1.82, 2.24) is 14.3 Å². The van der Waals surface area contributed by atoms with Gasteiger partial charge in [-0.2, -0.15) is 0 Å². The molecule has 1 aliphatic rings. The van der Waals surface area contributed by atoms with Crippen LogP contribution in [0.15, 0.2) is 30.6 Å². The third-order valence-corrected chi connectivity index (χ3v) is 4.30. The summed E-state index contributed by atoms with van der Waals surface area (Å²) >= 11 is 0. The van der Waals surface area contributed by atoms with Gasteiger partial charge in [-0.05, 0) is 32.9 Å². The van der Waals surface area contributed by atoms with E-state index in [-0.39, 0.29) is 6.54 Å². The van der Waals surface area contributed by atoms with Crippen LogP contribution < -0.4 is 4.90 Å². The standard InChI is InChI=1S/C18H24N4O5/c1-18(2,3)27-17(26)21-8-9-22(16(25)12(21)10-15(23)24)14-11-20-7-5-4-6-13(20)19-14/h4-7,11-12,16,25H,8-10H2,1-3H3,(H,23,24). The predicted molar refractivity (Wildman–Crippen MR) is 97.5 cm³/mol. The number of carbonyl (C=O) groups excluding carboxylic acids is 1. The summed E-state index contributed by atoms with van der Waals surface area (Å²) < 4.78 is 7.18. The Morgan fingerprint density at radius 2 is 2.04 bits per heavy atom. The van der Waals surface area contributed by atoms with Gasteiger partial charge in [-0.25, -0.2) is 9.78 Å². The first kappa shape index (κ1) is 19.0. The number of piperazine rings is 1. The van der Waals surface area contributed by atoms with Crippen LogP contribution in [0.1, 0.15) is 27.2 Å². The monoisotopic (exact) mass is 376 g/mol. The number of fused-ring (bicyclic) bond motifs is 1. The summed E-state index contributed by atoms with van der Waals surface area (Å²) in [6.07, 6.45) is 1.35. The quantitative estimate of drug-likeness (QED) is 0.837. The van der Waals surface area contributed by atoms with Gasteiger partial charge in [0, 0.05) is 19.3 Å². The molecular weight excluding hydrogens is 352 g/mol. The van der Waals surface area contributed by atoms with Crippen LogP contribution in [0.3, 0.4) is 0 Å². The fourth-order valence-corrected chi connectivity index (χ4v) is 3.13. The van der Waals surface area contributed by atoms with Crippen LogP contribution in [0.2, 0.25) is 0 Å². The molecule has 3 rings (SSSR count). The molecule has 9 heteroatoms. The number of carboxylic acids is 1. The summed E-state index contributed by atoms with van der Waals surface area (Å²) in [6, 6.07) is 4.61. The number of nitrogens with zero attached hydrogens (tertiary/aromatic N) is 4. The van der Waals surface area contributed by atoms with Crippen LogP contribution in [-0.2, 0) is 9.53 Å². The van der Waals surface area contributed by atoms with Gasteiger partial charge >= 0.3 is 12.1 Å². The Balaban J connectivity index is 1.86. The molecule has 0 bridgehead atoms. The van der Waals surface area contributed by atoms with Crippen LogP contribution in [0.5, 0.6) is 0 Å². The van der Waals surface area contributed by atoms with Crippen molar-refractivity contribution in [1.29, 1.82) is 0 Å². The van der Waals surface area contributed by atoms with Crippen molar-refractivity contribution < 1.29 is 24.5 Å². The lowest BCUT2D eigenvalue weighted by Crippen LogP contribution is -2.62. The summed E-state index contributed by atoms with van der Waals surface area (Å²) in [5.41, 5.74) is -0.00166. The van der Waals surface area contributed by atoms with E-state index in [0.29, 0.717) is 18.0 Å². The Kier molecular flexibility index (Phi) is 4.97. The van der Waals surface area contributed by atoms with Gasteiger partial charge in [0.05, 0.1) is 18.7 Å². The number of anilines is 1. The van der Waals surface area contributed by atoms with E-state index in [2.05, 4.69) is 4.98 Å². The van der Waals surface area contributed by atoms with Gasteiger partial charge < -0.3 is 24.3 Å². The number of carbonyl (C=O) groups is 2. The second-order valence-corrected chi connectivity index (χ2v) is 7.51. The smallest absolute Gasteiger partial charge is 0.410 e. The van der Waals surface area contributed by atoms with E-state index in [4.69, 9.17) is 4.74 Å². The third-order valence-electron chi connectivity index (χ3n) is 4.30. The van der Waals surface area contributed by atoms with Crippen LogP contribution in [0.4, 0.5) is 10.6 Å². The second kappa shape index (κ2) is 7.07. The highest BCUT2D eigenvalue weighted by atomic mass is 16.6. The largest absolute Gasteiger partial charge is 0.481 e. The van der Waals surface area contributed by atoms with Crippen LogP contribution in [0.25, 0.3) is 5.65 Å². The zero-order chi connectivity index (χ0) is 19.8. The Labute approximate surface area is 156 Å². The summed E-state index contributed by atoms with van der Waals surface area (Å²) in [5.74, 6) is -0.586. The summed E-state index contributed by atoms with van der Waals surface area (Å²) in [4.78, 5) is 31.2. The summed E-state index contributed by atoms with van der Waals surface area (Å²) in [6.45, 7) is 5.74. The number of aliphatic hydroxyl groups excluding tert-OH is 1. The maximum absolute atomic E-state index is 12.5. The molecule has 2 aromatic rings. The van der Waals surface area contributed by atoms with Crippen molar-refractivity contribution >= 4 is 23.5 Å². The molecular formula is C18H24N4O5. The molecule has 0 aromatic carbocycles. The van der Waals surface area contributed by atoms with Crippen LogP contribution in [0, 0.1) is 0 Å². The Morgan fingerprint density at radius 1 is 1.30 bits per heavy atom. The molecule has 2 unspecified atom stereocenters. The fraction of sp³-hybridized carbons (Fsp3) is 0.500. The van der Waals surface area contributed by atoms with E-state index in [9.17, 15) is 19.8 Å². The Morgan fingerprint density at radius 3 is 2.67 bits per heavy atom. The Bertz CT molecular complexity index is 811. The molecule has 2 atom stereocenters. The van der Waals surface area contributed by atoms with Crippen molar-refractivity contribution in [3.63, 3.8) is 0 Å². The number of rotatable bonds is 3. The first-order chi connectivity index (χ1) is 12.7. The average Bonchev–Trinajstić information content (AvgIpc) is 2.98. The van der Waals surface area contributed by atoms with Gasteiger partial charge in [-0.3, -0.25) is 9.69 Å². The average molecular weight is 376 g/mol. The number of aliphatic hydroxyl groups is 1. The molecule has 1 aliphatic heterocycles. The van der Waals surface area contributed by atoms with E-state index in [0.717, 1.165) is 0 Å². The summed E-state index contributed by atoms with van der Waals surface area (Å²) in [5, 5.41) is 20.1. The highest BCUT2D eigenvalue weighted by molar-refractivity contribution is 5.73. The number of aromatic nitrogens is 2. The molecule has 1 amide bonds. The molecule has 2 N–H and O–H groups in total. The number of hydrogen-bond acceptors (Lipinski definition) is 6. The van der Waals surface area contributed by atoms with Crippen LogP contribution in [-0.4, -0.2) is 67.5 Å². The highest BCUT2D eigenvalue weighted by Gasteiger charge is 2.41. The van der Waals surface area contributed by atoms with Crippen molar-refractivity contribution in [3.8, 4) is 0 Å². The molecule has 1 fully saturated rings. The number of aliphatic carboxylic acids is 1. The lowest BCUT2D eigenvalue weighted by Gasteiger charge is -2.44. The van der Waals surface area contributed by atoms with E-state index >= 15 is 0 Å². The van der Waals surface area contributed by atoms with E-state index in [1.165, 1.54) is 4.90 Å². The highest BCUT2D eigenvalue weighted by Crippen LogP contribution is 2.26. The molecule has 3 heterocycles. The first-order valence-corrected chi connectivity index (χ1v) is 8.75. The number of hydrogen-bond donors (Lipinski definition) is 2. The maximum Gasteiger partial charge on any atom is 0.410 e. The van der Waals surface area contributed by atoms with Gasteiger partial charge in [0.15, 0.2) is 0 Å². The molecule has 27 heavy (non-hydrogen) atoms. The minimum absolute atomic E-state index is 0.220. The minimum atomic E-state index is -1.22. The van der Waals surface area contributed by atoms with Gasteiger partial charge in [0.2, 0.25) is 0 Å². The zero-order valence-corrected chi connectivity index (χ0v) is 15.6. The van der Waals surface area contributed by atoms with Gasteiger partial charge in [-0.1, -0.05) is 6.07 Å². The summed E-state index contributed by atoms with van der Waals surface area (Å²) in [7, 11) is 0. The number of ether oxygens (including phenoxy) is 1. The third kappa shape index (κ3) is 4.13. The van der Waals surface area contributed by atoms with Crippen molar-refractivity contribution in [2.75, 3.05) is 18.0 Å². The molecule has 2 aromatic heterocycles. The number of pyridine rings is 1. The first-order valence-electron chi connectivity index (χ1n) is 8.75. The van der Waals surface area contributed by atoms with Gasteiger partial charge in [0.25, 0.3) is 0 Å². The normalized spacial score (nSPS) is 20.7. The maximum atomic E-state index is 12.5. The fourth-order valence-electron chi connectivity index (χ4n) is 3.13. The van der Waals surface area contributed by atoms with E-state index < -0.39 is 36.4 Å². The van der Waals surface area contributed by atoms with Crippen LogP contribution >= 0.6 is 0 Å². The lowest BCUT2D eigenvalue weighted by atomic mass is 10.1. The topological polar surface area (TPSA) is 108 Å². The molecule has 1 saturated heterocycles. The van der Waals surface area contributed by atoms with Crippen molar-refractivity contribution in [2.45, 2.75) is 45.1 Å². The van der Waals surface area contributed by atoms with Crippen molar-refractivity contribution in [2.24, 2.45) is 0 Å². The second-order valence-electron chi connectivity index (χ2n) is 7.51. The predicted octanol–water partition coefficient (Wildman–Crippen LogP) is 1.55. The van der Waals surface area contributed by atoms with Gasteiger partial charge in [0.1, 0.15) is 23.3 Å². The number of amides is 1. The minimum Gasteiger partial charge on any atom is -0.481 e. The zero-order valence-electron chi connectivity index (χ0n) is 15.6. The molecule has 0 radical (unpaired) electrons. The van der Waals surface area contributed by atoms with Gasteiger partial charge in [-0.15, -0.1) is 0 Å². The lowest BCUT2D eigenvalue weighted by molar-refractivity contribution is -0.140. The Hall–Kier alpha value is -2.81. The molecule has 9 nitrogen and oxygen atoms in total. The number of imidazole rings is 1. The number of carboxylic acid groups (broad SMARTS) is 1. The molecule has 0 aliphatic carbocycles. The van der Waals surface area contributed by atoms with Crippen molar-refractivity contribution in [3.05, 3.63) is 30.6 Å². The SMILES string of the molecule is CC(C)(C)OC(=O)N1CCN(c2cn3ccccc3n2)C(O)C1CC(=O)O. The molecule has 146 valence electrons. The van der Waals surface area contributed by atoms with E-state index in [1.807, 2.05) is 28.8 Å². The van der Waals surface area contributed by atoms with E-state index in [1.54, 1.807) is 31.9 Å².